The fourth-order valence-corrected chi connectivity index (χ4v) is 2.74. The molecule has 0 unspecified atom stereocenters. The van der Waals surface area contributed by atoms with Crippen molar-refractivity contribution >= 4 is 12.2 Å². The molecule has 0 aliphatic heterocycles. The maximum atomic E-state index is 12.4. The van der Waals surface area contributed by atoms with Crippen LogP contribution in [0.25, 0.3) is 0 Å². The van der Waals surface area contributed by atoms with E-state index in [1.165, 1.54) is 12.3 Å². The average Bonchev–Trinajstić information content (AvgIpc) is 2.65. The van der Waals surface area contributed by atoms with Gasteiger partial charge in [-0.1, -0.05) is 72.8 Å². The minimum absolute atomic E-state index is 0.0478. The first-order valence-corrected chi connectivity index (χ1v) is 7.82. The monoisotopic (exact) mass is 331 g/mol. The summed E-state index contributed by atoms with van der Waals surface area (Å²) in [6.45, 7) is 0. The Hall–Kier alpha value is -3.40. The maximum absolute atomic E-state index is 12.4. The van der Waals surface area contributed by atoms with E-state index in [2.05, 4.69) is 4.99 Å². The lowest BCUT2D eigenvalue weighted by atomic mass is 9.83. The molecule has 4 nitrogen and oxygen atoms in total. The minimum Gasteiger partial charge on any atom is -0.507 e. The molecule has 124 valence electrons. The Morgan fingerprint density at radius 3 is 1.76 bits per heavy atom. The third kappa shape index (κ3) is 3.15. The van der Waals surface area contributed by atoms with Gasteiger partial charge in [0.05, 0.1) is 0 Å². The number of hydrogen-bond donors (Lipinski definition) is 2. The van der Waals surface area contributed by atoms with E-state index < -0.39 is 11.5 Å². The van der Waals surface area contributed by atoms with Crippen molar-refractivity contribution in [1.29, 1.82) is 0 Å². The molecule has 0 atom stereocenters. The number of phenolic OH excluding ortho intramolecular Hbond substituents is 1. The summed E-state index contributed by atoms with van der Waals surface area (Å²) in [5, 5.41) is 20.1. The van der Waals surface area contributed by atoms with Crippen molar-refractivity contribution in [2.75, 3.05) is 0 Å². The van der Waals surface area contributed by atoms with Crippen molar-refractivity contribution in [3.63, 3.8) is 0 Å². The van der Waals surface area contributed by atoms with Crippen LogP contribution in [0.15, 0.2) is 89.9 Å². The Bertz CT molecular complexity index is 850. The SMILES string of the molecule is O=C(O)C(N=Cc1ccccc1O)(c1ccccc1)c1ccccc1. The van der Waals surface area contributed by atoms with Gasteiger partial charge in [0.2, 0.25) is 5.54 Å². The molecule has 0 saturated heterocycles. The molecule has 3 aromatic carbocycles. The molecule has 0 bridgehead atoms. The molecule has 0 saturated carbocycles. The first kappa shape index (κ1) is 16.5. The highest BCUT2D eigenvalue weighted by Crippen LogP contribution is 2.34. The molecule has 0 heterocycles. The molecule has 0 aliphatic rings. The summed E-state index contributed by atoms with van der Waals surface area (Å²) in [5.41, 5.74) is -0.0501. The van der Waals surface area contributed by atoms with Crippen LogP contribution in [0.5, 0.6) is 5.75 Å². The maximum Gasteiger partial charge on any atom is 0.340 e. The first-order valence-electron chi connectivity index (χ1n) is 7.82. The Kier molecular flexibility index (Phi) is 4.61. The van der Waals surface area contributed by atoms with Crippen LogP contribution in [0.1, 0.15) is 16.7 Å². The summed E-state index contributed by atoms with van der Waals surface area (Å²) < 4.78 is 0. The molecular weight excluding hydrogens is 314 g/mol. The number of benzene rings is 3. The van der Waals surface area contributed by atoms with Crippen LogP contribution >= 0.6 is 0 Å². The van der Waals surface area contributed by atoms with Crippen molar-refractivity contribution in [2.24, 2.45) is 4.99 Å². The standard InChI is InChI=1S/C21H17NO3/c23-19-14-8-7-9-16(19)15-22-21(20(24)25,17-10-3-1-4-11-17)18-12-5-2-6-13-18/h1-15,23H,(H,24,25). The van der Waals surface area contributed by atoms with Crippen LogP contribution in [0, 0.1) is 0 Å². The van der Waals surface area contributed by atoms with E-state index in [1.807, 2.05) is 12.1 Å². The molecular formula is C21H17NO3. The van der Waals surface area contributed by atoms with Gasteiger partial charge in [-0.2, -0.15) is 0 Å². The van der Waals surface area contributed by atoms with Crippen LogP contribution in [0.3, 0.4) is 0 Å². The molecule has 0 aliphatic carbocycles. The first-order chi connectivity index (χ1) is 12.1. The largest absolute Gasteiger partial charge is 0.507 e. The molecule has 3 rings (SSSR count). The van der Waals surface area contributed by atoms with Crippen molar-refractivity contribution in [3.8, 4) is 5.75 Å². The Morgan fingerprint density at radius 1 is 0.800 bits per heavy atom. The van der Waals surface area contributed by atoms with Crippen molar-refractivity contribution in [3.05, 3.63) is 102 Å². The summed E-state index contributed by atoms with van der Waals surface area (Å²) in [6.07, 6.45) is 1.41. The summed E-state index contributed by atoms with van der Waals surface area (Å²) in [6, 6.07) is 24.4. The Labute approximate surface area is 145 Å². The van der Waals surface area contributed by atoms with Gasteiger partial charge < -0.3 is 10.2 Å². The van der Waals surface area contributed by atoms with E-state index in [1.54, 1.807) is 66.7 Å². The zero-order valence-electron chi connectivity index (χ0n) is 13.4. The quantitative estimate of drug-likeness (QED) is 0.698. The normalized spacial score (nSPS) is 11.5. The fourth-order valence-electron chi connectivity index (χ4n) is 2.74. The van der Waals surface area contributed by atoms with Crippen LogP contribution in [0.2, 0.25) is 0 Å². The van der Waals surface area contributed by atoms with E-state index >= 15 is 0 Å². The lowest BCUT2D eigenvalue weighted by Gasteiger charge is -2.26. The third-order valence-corrected chi connectivity index (χ3v) is 4.03. The molecule has 3 aromatic rings. The van der Waals surface area contributed by atoms with Crippen LogP contribution in [-0.4, -0.2) is 22.4 Å². The van der Waals surface area contributed by atoms with Crippen LogP contribution < -0.4 is 0 Å². The topological polar surface area (TPSA) is 69.9 Å². The van der Waals surface area contributed by atoms with Gasteiger partial charge in [-0.05, 0) is 23.3 Å². The number of carboxylic acid groups (broad SMARTS) is 1. The summed E-state index contributed by atoms with van der Waals surface area (Å²) in [7, 11) is 0. The second kappa shape index (κ2) is 7.01. The number of aliphatic imine (C=N–C) groups is 1. The number of aliphatic carboxylic acids is 1. The van der Waals surface area contributed by atoms with E-state index in [4.69, 9.17) is 0 Å². The highest BCUT2D eigenvalue weighted by Gasteiger charge is 2.41. The van der Waals surface area contributed by atoms with Gasteiger partial charge in [0.1, 0.15) is 5.75 Å². The number of para-hydroxylation sites is 1. The van der Waals surface area contributed by atoms with Gasteiger partial charge >= 0.3 is 5.97 Å². The number of phenols is 1. The highest BCUT2D eigenvalue weighted by molar-refractivity contribution is 5.91. The average molecular weight is 331 g/mol. The van der Waals surface area contributed by atoms with Gasteiger partial charge in [0, 0.05) is 11.8 Å². The number of hydrogen-bond acceptors (Lipinski definition) is 3. The summed E-state index contributed by atoms with van der Waals surface area (Å²) >= 11 is 0. The summed E-state index contributed by atoms with van der Waals surface area (Å²) in [4.78, 5) is 16.8. The molecule has 0 spiro atoms. The third-order valence-electron chi connectivity index (χ3n) is 4.03. The number of nitrogens with zero attached hydrogens (tertiary/aromatic N) is 1. The lowest BCUT2D eigenvalue weighted by molar-refractivity contribution is -0.141. The second-order valence-corrected chi connectivity index (χ2v) is 5.56. The van der Waals surface area contributed by atoms with Gasteiger partial charge in [0.15, 0.2) is 0 Å². The predicted molar refractivity (Wildman–Crippen MR) is 97.0 cm³/mol. The minimum atomic E-state index is -1.59. The number of carbonyl (C=O) groups is 1. The van der Waals surface area contributed by atoms with Crippen molar-refractivity contribution < 1.29 is 15.0 Å². The second-order valence-electron chi connectivity index (χ2n) is 5.56. The van der Waals surface area contributed by atoms with Gasteiger partial charge in [-0.3, -0.25) is 4.99 Å². The van der Waals surface area contributed by atoms with Crippen LogP contribution in [-0.2, 0) is 10.3 Å². The predicted octanol–water partition coefficient (Wildman–Crippen LogP) is 3.84. The molecule has 0 amide bonds. The Morgan fingerprint density at radius 2 is 1.28 bits per heavy atom. The highest BCUT2D eigenvalue weighted by atomic mass is 16.4. The zero-order valence-corrected chi connectivity index (χ0v) is 13.4. The Balaban J connectivity index is 2.22. The van der Waals surface area contributed by atoms with Gasteiger partial charge in [0.25, 0.3) is 0 Å². The molecule has 4 heteroatoms. The number of rotatable bonds is 5. The molecule has 0 radical (unpaired) electrons. The van der Waals surface area contributed by atoms with Crippen molar-refractivity contribution in [2.45, 2.75) is 5.54 Å². The number of carboxylic acids is 1. The van der Waals surface area contributed by atoms with E-state index in [9.17, 15) is 15.0 Å². The van der Waals surface area contributed by atoms with Crippen molar-refractivity contribution in [1.82, 2.24) is 0 Å². The fraction of sp³-hybridized carbons (Fsp3) is 0.0476. The van der Waals surface area contributed by atoms with E-state index in [0.717, 1.165) is 0 Å². The lowest BCUT2D eigenvalue weighted by Crippen LogP contribution is -2.35. The zero-order chi connectivity index (χ0) is 17.7. The molecule has 0 fully saturated rings. The smallest absolute Gasteiger partial charge is 0.340 e. The molecule has 25 heavy (non-hydrogen) atoms. The van der Waals surface area contributed by atoms with Gasteiger partial charge in [-0.25, -0.2) is 4.79 Å². The van der Waals surface area contributed by atoms with Crippen LogP contribution in [0.4, 0.5) is 0 Å². The number of aromatic hydroxyl groups is 1. The van der Waals surface area contributed by atoms with E-state index in [0.29, 0.717) is 16.7 Å². The molecule has 2 N–H and O–H groups in total. The van der Waals surface area contributed by atoms with E-state index in [-0.39, 0.29) is 5.75 Å². The summed E-state index contributed by atoms with van der Waals surface area (Å²) in [5.74, 6) is -1.04. The molecule has 0 aromatic heterocycles. The van der Waals surface area contributed by atoms with Gasteiger partial charge in [-0.15, -0.1) is 0 Å².